The maximum Gasteiger partial charge on any atom is 0.176 e. The fraction of sp³-hybridized carbons (Fsp3) is 0.444. The minimum Gasteiger partial charge on any atom is -0.293 e. The number of halogens is 1. The average molecular weight is 309 g/mol. The molecule has 1 aliphatic rings. The van der Waals surface area contributed by atoms with E-state index in [0.29, 0.717) is 11.3 Å². The minimum absolute atomic E-state index is 0.0152. The molecule has 0 saturated carbocycles. The van der Waals surface area contributed by atoms with E-state index < -0.39 is 9.84 Å². The molecule has 82 valence electrons. The standard InChI is InChI=1S/C9H9BrO3S2/c10-8-2-1-7(14-8)9(11)6-3-4-15(12,13)5-6/h1-2,6H,3-5H2. The number of ketones is 1. The molecule has 1 unspecified atom stereocenters. The summed E-state index contributed by atoms with van der Waals surface area (Å²) >= 11 is 4.63. The van der Waals surface area contributed by atoms with E-state index in [9.17, 15) is 13.2 Å². The Morgan fingerprint density at radius 1 is 1.47 bits per heavy atom. The number of hydrogen-bond donors (Lipinski definition) is 0. The van der Waals surface area contributed by atoms with Gasteiger partial charge in [-0.15, -0.1) is 11.3 Å². The Morgan fingerprint density at radius 3 is 2.67 bits per heavy atom. The van der Waals surface area contributed by atoms with Crippen molar-refractivity contribution >= 4 is 42.9 Å². The van der Waals surface area contributed by atoms with E-state index in [4.69, 9.17) is 0 Å². The summed E-state index contributed by atoms with van der Waals surface area (Å²) in [6, 6.07) is 3.55. The lowest BCUT2D eigenvalue weighted by Gasteiger charge is -2.02. The molecule has 15 heavy (non-hydrogen) atoms. The fourth-order valence-electron chi connectivity index (χ4n) is 1.65. The van der Waals surface area contributed by atoms with Crippen LogP contribution in [-0.4, -0.2) is 25.7 Å². The number of sulfone groups is 1. The molecule has 1 atom stereocenters. The fourth-order valence-corrected chi connectivity index (χ4v) is 4.80. The summed E-state index contributed by atoms with van der Waals surface area (Å²) in [4.78, 5) is 12.5. The number of thiophene rings is 1. The van der Waals surface area contributed by atoms with Gasteiger partial charge in [-0.25, -0.2) is 8.42 Å². The molecule has 2 heterocycles. The molecule has 1 saturated heterocycles. The van der Waals surface area contributed by atoms with E-state index in [-0.39, 0.29) is 23.2 Å². The van der Waals surface area contributed by atoms with Crippen LogP contribution in [-0.2, 0) is 9.84 Å². The van der Waals surface area contributed by atoms with Gasteiger partial charge in [0.2, 0.25) is 0 Å². The molecular formula is C9H9BrO3S2. The molecule has 0 bridgehead atoms. The third-order valence-corrected chi connectivity index (χ3v) is 5.83. The molecule has 1 aromatic heterocycles. The van der Waals surface area contributed by atoms with Gasteiger partial charge in [-0.3, -0.25) is 4.79 Å². The lowest BCUT2D eigenvalue weighted by atomic mass is 10.0. The first-order valence-corrected chi connectivity index (χ1v) is 7.91. The summed E-state index contributed by atoms with van der Waals surface area (Å²) in [5, 5.41) is 0. The number of rotatable bonds is 2. The highest BCUT2D eigenvalue weighted by atomic mass is 79.9. The van der Waals surface area contributed by atoms with Gasteiger partial charge in [-0.2, -0.15) is 0 Å². The highest BCUT2D eigenvalue weighted by Gasteiger charge is 2.33. The van der Waals surface area contributed by atoms with Crippen molar-refractivity contribution in [3.63, 3.8) is 0 Å². The smallest absolute Gasteiger partial charge is 0.176 e. The highest BCUT2D eigenvalue weighted by molar-refractivity contribution is 9.11. The first-order chi connectivity index (χ1) is 6.98. The zero-order chi connectivity index (χ0) is 11.1. The van der Waals surface area contributed by atoms with Crippen LogP contribution in [0, 0.1) is 5.92 Å². The second-order valence-electron chi connectivity index (χ2n) is 3.57. The normalized spacial score (nSPS) is 24.2. The number of Topliss-reactive ketones (excluding diaryl/α,β-unsaturated/α-hetero) is 1. The highest BCUT2D eigenvalue weighted by Crippen LogP contribution is 2.28. The van der Waals surface area contributed by atoms with E-state index >= 15 is 0 Å². The largest absolute Gasteiger partial charge is 0.293 e. The Labute approximate surface area is 101 Å². The van der Waals surface area contributed by atoms with Crippen LogP contribution in [0.3, 0.4) is 0 Å². The van der Waals surface area contributed by atoms with Crippen LogP contribution in [0.1, 0.15) is 16.1 Å². The summed E-state index contributed by atoms with van der Waals surface area (Å²) in [5.74, 6) is -0.204. The zero-order valence-electron chi connectivity index (χ0n) is 7.77. The molecule has 1 aliphatic heterocycles. The number of carbonyl (C=O) groups excluding carboxylic acids is 1. The van der Waals surface area contributed by atoms with Crippen LogP contribution in [0.15, 0.2) is 15.9 Å². The Balaban J connectivity index is 2.17. The molecule has 0 N–H and O–H groups in total. The minimum atomic E-state index is -2.97. The molecule has 3 nitrogen and oxygen atoms in total. The van der Waals surface area contributed by atoms with Crippen LogP contribution >= 0.6 is 27.3 Å². The molecule has 2 rings (SSSR count). The lowest BCUT2D eigenvalue weighted by Crippen LogP contribution is -2.14. The molecular weight excluding hydrogens is 300 g/mol. The second-order valence-corrected chi connectivity index (χ2v) is 8.26. The van der Waals surface area contributed by atoms with Crippen molar-refractivity contribution in [1.29, 1.82) is 0 Å². The first kappa shape index (κ1) is 11.3. The van der Waals surface area contributed by atoms with Crippen LogP contribution in [0.25, 0.3) is 0 Å². The predicted molar refractivity (Wildman–Crippen MR) is 63.1 cm³/mol. The van der Waals surface area contributed by atoms with Gasteiger partial charge in [0, 0.05) is 5.92 Å². The molecule has 1 aromatic rings. The SMILES string of the molecule is O=C(c1ccc(Br)s1)C1CCS(=O)(=O)C1. The van der Waals surface area contributed by atoms with Gasteiger partial charge < -0.3 is 0 Å². The summed E-state index contributed by atoms with van der Waals surface area (Å²) in [5.41, 5.74) is 0. The zero-order valence-corrected chi connectivity index (χ0v) is 11.0. The van der Waals surface area contributed by atoms with Crippen molar-refractivity contribution in [3.8, 4) is 0 Å². The molecule has 0 aromatic carbocycles. The van der Waals surface area contributed by atoms with Gasteiger partial charge in [0.25, 0.3) is 0 Å². The quantitative estimate of drug-likeness (QED) is 0.786. The monoisotopic (exact) mass is 308 g/mol. The number of hydrogen-bond acceptors (Lipinski definition) is 4. The summed E-state index contributed by atoms with van der Waals surface area (Å²) in [6.07, 6.45) is 0.469. The van der Waals surface area contributed by atoms with Gasteiger partial charge in [0.05, 0.1) is 20.2 Å². The van der Waals surface area contributed by atoms with Gasteiger partial charge in [0.1, 0.15) is 0 Å². The van der Waals surface area contributed by atoms with E-state index in [1.54, 1.807) is 12.1 Å². The third-order valence-electron chi connectivity index (χ3n) is 2.42. The van der Waals surface area contributed by atoms with Crippen molar-refractivity contribution in [2.75, 3.05) is 11.5 Å². The second kappa shape index (κ2) is 3.99. The van der Waals surface area contributed by atoms with Crippen LogP contribution in [0.2, 0.25) is 0 Å². The Hall–Kier alpha value is -0.200. The van der Waals surface area contributed by atoms with Crippen LogP contribution in [0.5, 0.6) is 0 Å². The summed E-state index contributed by atoms with van der Waals surface area (Å²) in [7, 11) is -2.97. The van der Waals surface area contributed by atoms with Crippen molar-refractivity contribution in [2.45, 2.75) is 6.42 Å². The predicted octanol–water partition coefficient (Wildman–Crippen LogP) is 2.13. The maximum absolute atomic E-state index is 11.9. The Kier molecular flexibility index (Phi) is 3.00. The van der Waals surface area contributed by atoms with Crippen molar-refractivity contribution in [2.24, 2.45) is 5.92 Å². The van der Waals surface area contributed by atoms with Crippen LogP contribution < -0.4 is 0 Å². The molecule has 1 fully saturated rings. The molecule has 0 aliphatic carbocycles. The number of carbonyl (C=O) groups is 1. The van der Waals surface area contributed by atoms with Gasteiger partial charge >= 0.3 is 0 Å². The summed E-state index contributed by atoms with van der Waals surface area (Å²) in [6.45, 7) is 0. The molecule has 0 radical (unpaired) electrons. The molecule has 0 spiro atoms. The van der Waals surface area contributed by atoms with E-state index in [1.165, 1.54) is 11.3 Å². The summed E-state index contributed by atoms with van der Waals surface area (Å²) < 4.78 is 23.3. The van der Waals surface area contributed by atoms with Crippen LogP contribution in [0.4, 0.5) is 0 Å². The van der Waals surface area contributed by atoms with E-state index in [0.717, 1.165) is 3.79 Å². The lowest BCUT2D eigenvalue weighted by molar-refractivity contribution is 0.0937. The van der Waals surface area contributed by atoms with Gasteiger partial charge in [-0.05, 0) is 34.5 Å². The van der Waals surface area contributed by atoms with Gasteiger partial charge in [0.15, 0.2) is 15.6 Å². The van der Waals surface area contributed by atoms with Crippen molar-refractivity contribution < 1.29 is 13.2 Å². The Bertz CT molecular complexity index is 489. The first-order valence-electron chi connectivity index (χ1n) is 4.48. The molecule has 6 heteroatoms. The van der Waals surface area contributed by atoms with E-state index in [1.807, 2.05) is 0 Å². The third kappa shape index (κ3) is 2.49. The van der Waals surface area contributed by atoms with E-state index in [2.05, 4.69) is 15.9 Å². The Morgan fingerprint density at radius 2 is 2.20 bits per heavy atom. The van der Waals surface area contributed by atoms with Crippen molar-refractivity contribution in [3.05, 3.63) is 20.8 Å². The topological polar surface area (TPSA) is 51.2 Å². The maximum atomic E-state index is 11.9. The van der Waals surface area contributed by atoms with Gasteiger partial charge in [-0.1, -0.05) is 0 Å². The van der Waals surface area contributed by atoms with Crippen molar-refractivity contribution in [1.82, 2.24) is 0 Å². The molecule has 0 amide bonds. The average Bonchev–Trinajstić information content (AvgIpc) is 2.71.